The van der Waals surface area contributed by atoms with Gasteiger partial charge in [-0.1, -0.05) is 0 Å². The summed E-state index contributed by atoms with van der Waals surface area (Å²) in [6, 6.07) is -0.0243. The molecule has 0 spiro atoms. The number of carbonyl (C=O) groups is 2. The molecule has 0 aliphatic heterocycles. The number of halogens is 5. The van der Waals surface area contributed by atoms with Crippen LogP contribution in [0.5, 0.6) is 0 Å². The highest BCUT2D eigenvalue weighted by molar-refractivity contribution is 7.18. The SMILES string of the molecule is O=C(Cc1csc(N(C(=O)O)C(F)c2cc(F)c(F)c(F)c2F)n1)Nc1ncc([N+](=O)[O-])s1. The Morgan fingerprint density at radius 1 is 1.24 bits per heavy atom. The van der Waals surface area contributed by atoms with Gasteiger partial charge in [-0.15, -0.1) is 11.3 Å². The normalized spacial score (nSPS) is 11.8. The number of carboxylic acid groups (broad SMARTS) is 1. The Morgan fingerprint density at radius 3 is 2.55 bits per heavy atom. The third-order valence-corrected chi connectivity index (χ3v) is 5.58. The molecule has 0 bridgehead atoms. The number of rotatable bonds is 7. The van der Waals surface area contributed by atoms with E-state index < -0.39 is 63.6 Å². The summed E-state index contributed by atoms with van der Waals surface area (Å²) in [6.45, 7) is 0. The van der Waals surface area contributed by atoms with E-state index in [1.54, 1.807) is 0 Å². The lowest BCUT2D eigenvalue weighted by Gasteiger charge is -2.21. The minimum atomic E-state index is -3.00. The molecule has 0 saturated heterocycles. The van der Waals surface area contributed by atoms with Crippen LogP contribution in [0.4, 0.5) is 42.0 Å². The van der Waals surface area contributed by atoms with E-state index in [1.807, 2.05) is 0 Å². The molecule has 3 aromatic rings. The van der Waals surface area contributed by atoms with E-state index in [0.717, 1.165) is 11.6 Å². The first-order chi connectivity index (χ1) is 15.5. The maximum atomic E-state index is 14.8. The van der Waals surface area contributed by atoms with Crippen LogP contribution in [0.1, 0.15) is 17.6 Å². The molecule has 33 heavy (non-hydrogen) atoms. The summed E-state index contributed by atoms with van der Waals surface area (Å²) < 4.78 is 68.6. The molecule has 1 unspecified atom stereocenters. The molecule has 174 valence electrons. The van der Waals surface area contributed by atoms with Crippen LogP contribution in [-0.2, 0) is 11.2 Å². The van der Waals surface area contributed by atoms with Crippen molar-refractivity contribution in [3.05, 3.63) is 62.3 Å². The van der Waals surface area contributed by atoms with Crippen LogP contribution < -0.4 is 10.2 Å². The van der Waals surface area contributed by atoms with Crippen LogP contribution in [0.25, 0.3) is 0 Å². The Morgan fingerprint density at radius 2 is 1.94 bits per heavy atom. The fourth-order valence-electron chi connectivity index (χ4n) is 2.40. The van der Waals surface area contributed by atoms with Gasteiger partial charge in [0.2, 0.25) is 12.2 Å². The van der Waals surface area contributed by atoms with E-state index in [0.29, 0.717) is 22.7 Å². The molecule has 17 heteroatoms. The Labute approximate surface area is 187 Å². The number of aromatic nitrogens is 2. The standard InChI is InChI=1S/C16H8F5N5O5S2/c17-7-2-6(10(18)12(20)11(7)19)13(21)25(16(28)29)15-23-5(4-32-15)1-8(27)24-14-22-3-9(33-14)26(30)31/h2-4,13H,1H2,(H,28,29)(H,22,24,27). The van der Waals surface area contributed by atoms with Gasteiger partial charge in [-0.05, 0) is 17.4 Å². The molecule has 1 atom stereocenters. The molecule has 2 amide bonds. The molecule has 1 aromatic carbocycles. The number of amides is 2. The molecule has 0 radical (unpaired) electrons. The maximum absolute atomic E-state index is 14.8. The smallest absolute Gasteiger partial charge is 0.416 e. The molecule has 2 N–H and O–H groups in total. The van der Waals surface area contributed by atoms with Crippen molar-refractivity contribution in [3.63, 3.8) is 0 Å². The zero-order chi connectivity index (χ0) is 24.4. The highest BCUT2D eigenvalue weighted by Gasteiger charge is 2.34. The Kier molecular flexibility index (Phi) is 6.82. The molecule has 3 rings (SSSR count). The second kappa shape index (κ2) is 9.41. The molecule has 0 aliphatic carbocycles. The molecule has 10 nitrogen and oxygen atoms in total. The summed E-state index contributed by atoms with van der Waals surface area (Å²) in [4.78, 5) is 40.7. The number of thiazole rings is 2. The van der Waals surface area contributed by atoms with Crippen LogP contribution in [0, 0.1) is 33.4 Å². The quantitative estimate of drug-likeness (QED) is 0.120. The van der Waals surface area contributed by atoms with E-state index in [1.165, 1.54) is 0 Å². The molecule has 2 heterocycles. The number of nitro groups is 1. The summed E-state index contributed by atoms with van der Waals surface area (Å²) in [7, 11) is 0. The molecule has 0 saturated carbocycles. The number of nitrogens with one attached hydrogen (secondary N) is 1. The Hall–Kier alpha value is -3.73. The highest BCUT2D eigenvalue weighted by Crippen LogP contribution is 2.34. The van der Waals surface area contributed by atoms with E-state index >= 15 is 0 Å². The first kappa shape index (κ1) is 23.9. The molecule has 0 aliphatic rings. The summed E-state index contributed by atoms with van der Waals surface area (Å²) in [5.74, 6) is -9.32. The topological polar surface area (TPSA) is 139 Å². The molecular weight excluding hydrogens is 501 g/mol. The average molecular weight is 509 g/mol. The predicted octanol–water partition coefficient (Wildman–Crippen LogP) is 4.40. The Balaban J connectivity index is 1.79. The first-order valence-corrected chi connectivity index (χ1v) is 10.0. The van der Waals surface area contributed by atoms with Crippen molar-refractivity contribution in [1.82, 2.24) is 9.97 Å². The van der Waals surface area contributed by atoms with Crippen molar-refractivity contribution in [2.75, 3.05) is 10.2 Å². The highest BCUT2D eigenvalue weighted by atomic mass is 32.1. The van der Waals surface area contributed by atoms with Gasteiger partial charge in [0, 0.05) is 10.9 Å². The lowest BCUT2D eigenvalue weighted by atomic mass is 10.1. The minimum absolute atomic E-state index is 0.0243. The maximum Gasteiger partial charge on any atom is 0.416 e. The van der Waals surface area contributed by atoms with Crippen LogP contribution in [0.15, 0.2) is 17.6 Å². The van der Waals surface area contributed by atoms with Crippen LogP contribution in [-0.4, -0.2) is 32.0 Å². The van der Waals surface area contributed by atoms with Gasteiger partial charge < -0.3 is 10.4 Å². The van der Waals surface area contributed by atoms with Gasteiger partial charge in [0.1, 0.15) is 6.20 Å². The molecule has 2 aromatic heterocycles. The second-order valence-electron chi connectivity index (χ2n) is 5.99. The molecule has 0 fully saturated rings. The third-order valence-electron chi connectivity index (χ3n) is 3.83. The Bertz CT molecular complexity index is 1250. The van der Waals surface area contributed by atoms with Crippen molar-refractivity contribution in [1.29, 1.82) is 0 Å². The number of hydrogen-bond acceptors (Lipinski definition) is 8. The third kappa shape index (κ3) is 5.03. The van der Waals surface area contributed by atoms with Crippen LogP contribution in [0.3, 0.4) is 0 Å². The van der Waals surface area contributed by atoms with Crippen molar-refractivity contribution >= 4 is 49.9 Å². The monoisotopic (exact) mass is 509 g/mol. The predicted molar refractivity (Wildman–Crippen MR) is 104 cm³/mol. The number of nitrogens with zero attached hydrogens (tertiary/aromatic N) is 4. The van der Waals surface area contributed by atoms with Gasteiger partial charge in [0.25, 0.3) is 0 Å². The van der Waals surface area contributed by atoms with Gasteiger partial charge in [-0.25, -0.2) is 41.6 Å². The number of carbonyl (C=O) groups excluding carboxylic acids is 1. The van der Waals surface area contributed by atoms with Crippen molar-refractivity contribution < 1.29 is 41.6 Å². The van der Waals surface area contributed by atoms with Crippen molar-refractivity contribution in [2.45, 2.75) is 12.7 Å². The van der Waals surface area contributed by atoms with E-state index in [-0.39, 0.29) is 26.8 Å². The number of hydrogen-bond donors (Lipinski definition) is 2. The fraction of sp³-hybridized carbons (Fsp3) is 0.125. The second-order valence-corrected chi connectivity index (χ2v) is 7.83. The summed E-state index contributed by atoms with van der Waals surface area (Å²) >= 11 is 1.09. The largest absolute Gasteiger partial charge is 0.465 e. The molecular formula is C16H8F5N5O5S2. The summed E-state index contributed by atoms with van der Waals surface area (Å²) in [5, 5.41) is 22.3. The average Bonchev–Trinajstić information content (AvgIpc) is 3.38. The zero-order valence-corrected chi connectivity index (χ0v) is 17.2. The minimum Gasteiger partial charge on any atom is -0.465 e. The summed E-state index contributed by atoms with van der Waals surface area (Å²) in [5.41, 5.74) is -1.50. The van der Waals surface area contributed by atoms with Crippen LogP contribution >= 0.6 is 22.7 Å². The van der Waals surface area contributed by atoms with Gasteiger partial charge >= 0.3 is 11.1 Å². The lowest BCUT2D eigenvalue weighted by Crippen LogP contribution is -2.32. The van der Waals surface area contributed by atoms with E-state index in [4.69, 9.17) is 0 Å². The van der Waals surface area contributed by atoms with E-state index in [2.05, 4.69) is 15.3 Å². The van der Waals surface area contributed by atoms with Gasteiger partial charge in [-0.3, -0.25) is 14.9 Å². The zero-order valence-electron chi connectivity index (χ0n) is 15.6. The first-order valence-electron chi connectivity index (χ1n) is 8.33. The van der Waals surface area contributed by atoms with E-state index in [9.17, 15) is 46.8 Å². The number of benzene rings is 1. The summed E-state index contributed by atoms with van der Waals surface area (Å²) in [6.07, 6.45) is -4.58. The number of alkyl halides is 1. The number of anilines is 2. The van der Waals surface area contributed by atoms with Gasteiger partial charge in [-0.2, -0.15) is 0 Å². The van der Waals surface area contributed by atoms with Gasteiger partial charge in [0.15, 0.2) is 33.5 Å². The van der Waals surface area contributed by atoms with Gasteiger partial charge in [0.05, 0.1) is 17.0 Å². The lowest BCUT2D eigenvalue weighted by molar-refractivity contribution is -0.380. The van der Waals surface area contributed by atoms with Crippen molar-refractivity contribution in [2.24, 2.45) is 0 Å². The van der Waals surface area contributed by atoms with Crippen LogP contribution in [0.2, 0.25) is 0 Å². The fourth-order valence-corrected chi connectivity index (χ4v) is 3.88. The van der Waals surface area contributed by atoms with Crippen molar-refractivity contribution in [3.8, 4) is 0 Å².